The molecule has 0 heterocycles. The van der Waals surface area contributed by atoms with Crippen molar-refractivity contribution in [2.75, 3.05) is 5.32 Å². The van der Waals surface area contributed by atoms with Crippen molar-refractivity contribution < 1.29 is 0 Å². The molecule has 0 amide bonds. The second-order valence-corrected chi connectivity index (χ2v) is 5.59. The molecule has 22 heavy (non-hydrogen) atoms. The Hall–Kier alpha value is -2.54. The van der Waals surface area contributed by atoms with Crippen molar-refractivity contribution in [1.29, 1.82) is 0 Å². The molecule has 0 unspecified atom stereocenters. The summed E-state index contributed by atoms with van der Waals surface area (Å²) < 4.78 is 0. The van der Waals surface area contributed by atoms with Gasteiger partial charge in [-0.15, -0.1) is 0 Å². The smallest absolute Gasteiger partial charge is 0.0342 e. The molecule has 110 valence electrons. The molecule has 0 aliphatic carbocycles. The van der Waals surface area contributed by atoms with E-state index in [1.165, 1.54) is 16.8 Å². The zero-order chi connectivity index (χ0) is 15.0. The first kappa shape index (κ1) is 14.4. The van der Waals surface area contributed by atoms with Crippen LogP contribution in [-0.4, -0.2) is 6.04 Å². The van der Waals surface area contributed by atoms with Crippen LogP contribution in [0.3, 0.4) is 0 Å². The van der Waals surface area contributed by atoms with Crippen molar-refractivity contribution in [2.45, 2.75) is 18.9 Å². The Bertz CT molecular complexity index is 563. The molecule has 0 atom stereocenters. The summed E-state index contributed by atoms with van der Waals surface area (Å²) in [5.41, 5.74) is 3.91. The van der Waals surface area contributed by atoms with E-state index in [-0.39, 0.29) is 0 Å². The van der Waals surface area contributed by atoms with Crippen molar-refractivity contribution in [3.63, 3.8) is 0 Å². The highest BCUT2D eigenvalue weighted by atomic mass is 14.9. The van der Waals surface area contributed by atoms with E-state index in [4.69, 9.17) is 0 Å². The van der Waals surface area contributed by atoms with Crippen molar-refractivity contribution in [3.8, 4) is 0 Å². The SMILES string of the molecule is c1ccc(CC(Cc2ccccc2)Nc2ccccc2)cc1. The average molecular weight is 287 g/mol. The Labute approximate surface area is 132 Å². The van der Waals surface area contributed by atoms with Gasteiger partial charge < -0.3 is 5.32 Å². The average Bonchev–Trinajstić information content (AvgIpc) is 2.57. The standard InChI is InChI=1S/C21H21N/c1-4-10-18(11-5-1)16-21(17-19-12-6-2-7-13-19)22-20-14-8-3-9-15-20/h1-15,21-22H,16-17H2. The van der Waals surface area contributed by atoms with Crippen LogP contribution >= 0.6 is 0 Å². The first-order valence-corrected chi connectivity index (χ1v) is 7.79. The van der Waals surface area contributed by atoms with Gasteiger partial charge >= 0.3 is 0 Å². The summed E-state index contributed by atoms with van der Waals surface area (Å²) in [4.78, 5) is 0. The Kier molecular flexibility index (Phi) is 4.88. The molecular formula is C21H21N. The summed E-state index contributed by atoms with van der Waals surface area (Å²) in [5, 5.41) is 3.68. The predicted molar refractivity (Wildman–Crippen MR) is 94.1 cm³/mol. The first-order valence-electron chi connectivity index (χ1n) is 7.79. The van der Waals surface area contributed by atoms with Gasteiger partial charge in [0.1, 0.15) is 0 Å². The van der Waals surface area contributed by atoms with Gasteiger partial charge in [-0.3, -0.25) is 0 Å². The number of para-hydroxylation sites is 1. The number of nitrogens with one attached hydrogen (secondary N) is 1. The van der Waals surface area contributed by atoms with Crippen LogP contribution in [0, 0.1) is 0 Å². The van der Waals surface area contributed by atoms with E-state index >= 15 is 0 Å². The predicted octanol–water partition coefficient (Wildman–Crippen LogP) is 4.95. The minimum atomic E-state index is 0.382. The van der Waals surface area contributed by atoms with Crippen molar-refractivity contribution in [2.24, 2.45) is 0 Å². The van der Waals surface area contributed by atoms with Crippen LogP contribution in [0.2, 0.25) is 0 Å². The molecule has 0 spiro atoms. The molecule has 0 bridgehead atoms. The summed E-state index contributed by atoms with van der Waals surface area (Å²) in [6, 6.07) is 32.2. The third-order valence-corrected chi connectivity index (χ3v) is 3.79. The Morgan fingerprint density at radius 1 is 0.545 bits per heavy atom. The van der Waals surface area contributed by atoms with Crippen LogP contribution in [0.5, 0.6) is 0 Å². The molecule has 3 aromatic carbocycles. The molecule has 1 N–H and O–H groups in total. The topological polar surface area (TPSA) is 12.0 Å². The van der Waals surface area contributed by atoms with Crippen molar-refractivity contribution >= 4 is 5.69 Å². The van der Waals surface area contributed by atoms with Crippen LogP contribution < -0.4 is 5.32 Å². The second-order valence-electron chi connectivity index (χ2n) is 5.59. The monoisotopic (exact) mass is 287 g/mol. The number of benzene rings is 3. The van der Waals surface area contributed by atoms with Gasteiger partial charge in [-0.2, -0.15) is 0 Å². The van der Waals surface area contributed by atoms with Crippen LogP contribution in [-0.2, 0) is 12.8 Å². The quantitative estimate of drug-likeness (QED) is 0.676. The highest BCUT2D eigenvalue weighted by Crippen LogP contribution is 2.15. The summed E-state index contributed by atoms with van der Waals surface area (Å²) in [5.74, 6) is 0. The Balaban J connectivity index is 1.75. The number of hydrogen-bond acceptors (Lipinski definition) is 1. The van der Waals surface area contributed by atoms with Gasteiger partial charge in [0.2, 0.25) is 0 Å². The fourth-order valence-corrected chi connectivity index (χ4v) is 2.74. The van der Waals surface area contributed by atoms with Crippen LogP contribution in [0.25, 0.3) is 0 Å². The van der Waals surface area contributed by atoms with Crippen LogP contribution in [0.1, 0.15) is 11.1 Å². The molecule has 0 fully saturated rings. The Morgan fingerprint density at radius 2 is 0.955 bits per heavy atom. The molecule has 0 saturated heterocycles. The number of rotatable bonds is 6. The third kappa shape index (κ3) is 4.23. The van der Waals surface area contributed by atoms with E-state index < -0.39 is 0 Å². The highest BCUT2D eigenvalue weighted by molar-refractivity contribution is 5.44. The lowest BCUT2D eigenvalue weighted by Crippen LogP contribution is -2.25. The van der Waals surface area contributed by atoms with Gasteiger partial charge in [0.25, 0.3) is 0 Å². The molecule has 1 heteroatoms. The largest absolute Gasteiger partial charge is 0.382 e. The zero-order valence-electron chi connectivity index (χ0n) is 12.7. The van der Waals surface area contributed by atoms with E-state index in [9.17, 15) is 0 Å². The fourth-order valence-electron chi connectivity index (χ4n) is 2.74. The maximum absolute atomic E-state index is 3.68. The fraction of sp³-hybridized carbons (Fsp3) is 0.143. The van der Waals surface area contributed by atoms with E-state index in [2.05, 4.69) is 96.3 Å². The first-order chi connectivity index (χ1) is 10.9. The van der Waals surface area contributed by atoms with Crippen LogP contribution in [0.4, 0.5) is 5.69 Å². The molecule has 0 radical (unpaired) electrons. The molecule has 0 aliphatic heterocycles. The maximum Gasteiger partial charge on any atom is 0.0342 e. The highest BCUT2D eigenvalue weighted by Gasteiger charge is 2.10. The summed E-state index contributed by atoms with van der Waals surface area (Å²) >= 11 is 0. The van der Waals surface area contributed by atoms with Gasteiger partial charge in [-0.05, 0) is 36.1 Å². The van der Waals surface area contributed by atoms with Gasteiger partial charge in [-0.25, -0.2) is 0 Å². The number of hydrogen-bond donors (Lipinski definition) is 1. The van der Waals surface area contributed by atoms with Crippen molar-refractivity contribution in [1.82, 2.24) is 0 Å². The Morgan fingerprint density at radius 3 is 1.41 bits per heavy atom. The lowest BCUT2D eigenvalue weighted by molar-refractivity contribution is 0.710. The van der Waals surface area contributed by atoms with Crippen LogP contribution in [0.15, 0.2) is 91.0 Å². The lowest BCUT2D eigenvalue weighted by Gasteiger charge is -2.20. The van der Waals surface area contributed by atoms with Gasteiger partial charge in [0, 0.05) is 11.7 Å². The minimum absolute atomic E-state index is 0.382. The molecule has 0 saturated carbocycles. The van der Waals surface area contributed by atoms with Gasteiger partial charge in [-0.1, -0.05) is 78.9 Å². The summed E-state index contributed by atoms with van der Waals surface area (Å²) in [7, 11) is 0. The van der Waals surface area contributed by atoms with E-state index in [1.54, 1.807) is 0 Å². The van der Waals surface area contributed by atoms with Gasteiger partial charge in [0.15, 0.2) is 0 Å². The van der Waals surface area contributed by atoms with E-state index in [0.29, 0.717) is 6.04 Å². The van der Waals surface area contributed by atoms with E-state index in [1.807, 2.05) is 0 Å². The van der Waals surface area contributed by atoms with Gasteiger partial charge in [0.05, 0.1) is 0 Å². The molecule has 0 aromatic heterocycles. The van der Waals surface area contributed by atoms with E-state index in [0.717, 1.165) is 12.8 Å². The minimum Gasteiger partial charge on any atom is -0.382 e. The normalized spacial score (nSPS) is 10.6. The third-order valence-electron chi connectivity index (χ3n) is 3.79. The lowest BCUT2D eigenvalue weighted by atomic mass is 9.98. The second kappa shape index (κ2) is 7.46. The molecule has 1 nitrogen and oxygen atoms in total. The summed E-state index contributed by atoms with van der Waals surface area (Å²) in [6.07, 6.45) is 2.04. The molecule has 3 aromatic rings. The molecule has 0 aliphatic rings. The number of anilines is 1. The molecular weight excluding hydrogens is 266 g/mol. The summed E-state index contributed by atoms with van der Waals surface area (Å²) in [6.45, 7) is 0. The van der Waals surface area contributed by atoms with Crippen molar-refractivity contribution in [3.05, 3.63) is 102 Å². The maximum atomic E-state index is 3.68. The molecule has 3 rings (SSSR count). The zero-order valence-corrected chi connectivity index (χ0v) is 12.7.